The average molecular weight is 272 g/mol. The molecule has 0 amide bonds. The number of aryl methyl sites for hydroxylation is 1. The molecule has 0 aromatic carbocycles. The fourth-order valence-electron chi connectivity index (χ4n) is 1.77. The summed E-state index contributed by atoms with van der Waals surface area (Å²) in [5.41, 5.74) is 1.36. The van der Waals surface area contributed by atoms with E-state index in [0.29, 0.717) is 17.2 Å². The maximum absolute atomic E-state index is 12.0. The van der Waals surface area contributed by atoms with E-state index in [-0.39, 0.29) is 11.4 Å². The molecular weight excluding hydrogens is 264 g/mol. The lowest BCUT2D eigenvalue weighted by molar-refractivity contribution is 0.667. The van der Waals surface area contributed by atoms with Crippen molar-refractivity contribution in [2.45, 2.75) is 13.5 Å². The second-order valence-electron chi connectivity index (χ2n) is 3.96. The standard InChI is InChI=1S/C11H8N6OS/c1-7-5-19-11-14-8(2-10(18)17(7)11)4-16-6-13-9(3-12)15-16/h2,5-6H,4H2,1H3. The molecule has 0 spiro atoms. The molecule has 94 valence electrons. The van der Waals surface area contributed by atoms with E-state index < -0.39 is 0 Å². The third kappa shape index (κ3) is 2.00. The van der Waals surface area contributed by atoms with Crippen LogP contribution in [-0.4, -0.2) is 24.1 Å². The summed E-state index contributed by atoms with van der Waals surface area (Å²) in [4.78, 5) is 20.8. The molecular formula is C11H8N6OS. The molecule has 3 aromatic rings. The fourth-order valence-corrected chi connectivity index (χ4v) is 2.66. The van der Waals surface area contributed by atoms with Gasteiger partial charge in [-0.1, -0.05) is 0 Å². The summed E-state index contributed by atoms with van der Waals surface area (Å²) in [6, 6.07) is 3.32. The number of hydrogen-bond acceptors (Lipinski definition) is 6. The van der Waals surface area contributed by atoms with Crippen LogP contribution in [-0.2, 0) is 6.54 Å². The molecule has 0 fully saturated rings. The van der Waals surface area contributed by atoms with Crippen molar-refractivity contribution in [1.82, 2.24) is 24.1 Å². The molecule has 0 N–H and O–H groups in total. The number of nitrogens with zero attached hydrogens (tertiary/aromatic N) is 6. The molecule has 19 heavy (non-hydrogen) atoms. The van der Waals surface area contributed by atoms with Gasteiger partial charge in [0.25, 0.3) is 11.4 Å². The monoisotopic (exact) mass is 272 g/mol. The van der Waals surface area contributed by atoms with E-state index in [1.165, 1.54) is 28.4 Å². The first-order valence-corrected chi connectivity index (χ1v) is 6.31. The fraction of sp³-hybridized carbons (Fsp3) is 0.182. The van der Waals surface area contributed by atoms with E-state index in [1.807, 2.05) is 18.4 Å². The van der Waals surface area contributed by atoms with Crippen LogP contribution >= 0.6 is 11.3 Å². The van der Waals surface area contributed by atoms with Gasteiger partial charge in [-0.3, -0.25) is 9.20 Å². The Hall–Kier alpha value is -2.53. The Bertz CT molecular complexity index is 852. The Morgan fingerprint density at radius 1 is 1.53 bits per heavy atom. The maximum atomic E-state index is 12.0. The lowest BCUT2D eigenvalue weighted by Crippen LogP contribution is -2.16. The van der Waals surface area contributed by atoms with Crippen LogP contribution < -0.4 is 5.56 Å². The molecule has 0 bridgehead atoms. The minimum absolute atomic E-state index is 0.102. The van der Waals surface area contributed by atoms with Crippen LogP contribution in [0.3, 0.4) is 0 Å². The van der Waals surface area contributed by atoms with Gasteiger partial charge in [0, 0.05) is 17.1 Å². The predicted molar refractivity (Wildman–Crippen MR) is 67.9 cm³/mol. The van der Waals surface area contributed by atoms with Crippen LogP contribution in [0.15, 0.2) is 22.6 Å². The van der Waals surface area contributed by atoms with Gasteiger partial charge in [-0.2, -0.15) is 5.26 Å². The first-order valence-electron chi connectivity index (χ1n) is 5.44. The summed E-state index contributed by atoms with van der Waals surface area (Å²) >= 11 is 1.42. The predicted octanol–water partition coefficient (Wildman–Crippen LogP) is 0.576. The Labute approximate surface area is 111 Å². The summed E-state index contributed by atoms with van der Waals surface area (Å²) in [5, 5.41) is 14.5. The molecule has 0 aliphatic rings. The van der Waals surface area contributed by atoms with Crippen molar-refractivity contribution in [1.29, 1.82) is 5.26 Å². The first kappa shape index (κ1) is 11.6. The van der Waals surface area contributed by atoms with Gasteiger partial charge in [0.1, 0.15) is 12.4 Å². The molecule has 7 nitrogen and oxygen atoms in total. The smallest absolute Gasteiger partial charge is 0.259 e. The Morgan fingerprint density at radius 2 is 2.37 bits per heavy atom. The molecule has 0 aliphatic carbocycles. The van der Waals surface area contributed by atoms with Crippen molar-refractivity contribution in [3.8, 4) is 6.07 Å². The number of rotatable bonds is 2. The minimum Gasteiger partial charge on any atom is -0.269 e. The second-order valence-corrected chi connectivity index (χ2v) is 4.79. The highest BCUT2D eigenvalue weighted by atomic mass is 32.1. The summed E-state index contributed by atoms with van der Waals surface area (Å²) in [5.74, 6) is 0.102. The zero-order chi connectivity index (χ0) is 13.4. The first-order chi connectivity index (χ1) is 9.17. The summed E-state index contributed by atoms with van der Waals surface area (Å²) in [6.45, 7) is 2.18. The van der Waals surface area contributed by atoms with Crippen molar-refractivity contribution < 1.29 is 0 Å². The lowest BCUT2D eigenvalue weighted by atomic mass is 10.4. The molecule has 0 unspecified atom stereocenters. The van der Waals surface area contributed by atoms with Gasteiger partial charge in [-0.25, -0.2) is 14.6 Å². The molecule has 3 heterocycles. The average Bonchev–Trinajstić information content (AvgIpc) is 2.97. The van der Waals surface area contributed by atoms with E-state index in [2.05, 4.69) is 15.1 Å². The largest absolute Gasteiger partial charge is 0.269 e. The van der Waals surface area contributed by atoms with Gasteiger partial charge in [0.15, 0.2) is 4.96 Å². The zero-order valence-corrected chi connectivity index (χ0v) is 10.8. The Morgan fingerprint density at radius 3 is 3.11 bits per heavy atom. The minimum atomic E-state index is -0.112. The summed E-state index contributed by atoms with van der Waals surface area (Å²) < 4.78 is 3.05. The molecule has 0 radical (unpaired) electrons. The van der Waals surface area contributed by atoms with Gasteiger partial charge >= 0.3 is 0 Å². The molecule has 0 atom stereocenters. The van der Waals surface area contributed by atoms with Gasteiger partial charge in [-0.05, 0) is 6.92 Å². The van der Waals surface area contributed by atoms with Gasteiger partial charge in [0.2, 0.25) is 0 Å². The quantitative estimate of drug-likeness (QED) is 0.680. The highest BCUT2D eigenvalue weighted by Gasteiger charge is 2.07. The van der Waals surface area contributed by atoms with Crippen LogP contribution in [0.4, 0.5) is 0 Å². The number of aromatic nitrogens is 5. The van der Waals surface area contributed by atoms with Crippen LogP contribution in [0.1, 0.15) is 17.2 Å². The van der Waals surface area contributed by atoms with Gasteiger partial charge in [0.05, 0.1) is 12.2 Å². The van der Waals surface area contributed by atoms with Gasteiger partial charge in [-0.15, -0.1) is 16.4 Å². The normalized spacial score (nSPS) is 10.7. The van der Waals surface area contributed by atoms with Crippen LogP contribution in [0.5, 0.6) is 0 Å². The van der Waals surface area contributed by atoms with Crippen molar-refractivity contribution in [2.24, 2.45) is 0 Å². The summed E-state index contributed by atoms with van der Waals surface area (Å²) in [6.07, 6.45) is 1.45. The van der Waals surface area contributed by atoms with Crippen molar-refractivity contribution in [3.05, 3.63) is 45.3 Å². The number of hydrogen-bond donors (Lipinski definition) is 0. The SMILES string of the molecule is Cc1csc2nc(Cn3cnc(C#N)n3)cc(=O)n12. The van der Waals surface area contributed by atoms with Crippen molar-refractivity contribution in [2.75, 3.05) is 0 Å². The van der Waals surface area contributed by atoms with E-state index in [1.54, 1.807) is 4.40 Å². The maximum Gasteiger partial charge on any atom is 0.259 e. The van der Waals surface area contributed by atoms with E-state index in [4.69, 9.17) is 5.26 Å². The lowest BCUT2D eigenvalue weighted by Gasteiger charge is -2.01. The topological polar surface area (TPSA) is 88.9 Å². The highest BCUT2D eigenvalue weighted by molar-refractivity contribution is 7.15. The van der Waals surface area contributed by atoms with E-state index >= 15 is 0 Å². The third-order valence-electron chi connectivity index (χ3n) is 2.59. The van der Waals surface area contributed by atoms with Crippen LogP contribution in [0.2, 0.25) is 0 Å². The van der Waals surface area contributed by atoms with Crippen LogP contribution in [0.25, 0.3) is 4.96 Å². The number of fused-ring (bicyclic) bond motifs is 1. The van der Waals surface area contributed by atoms with E-state index in [9.17, 15) is 4.79 Å². The molecule has 0 saturated heterocycles. The molecule has 3 rings (SSSR count). The molecule has 0 aliphatic heterocycles. The van der Waals surface area contributed by atoms with Crippen molar-refractivity contribution in [3.63, 3.8) is 0 Å². The van der Waals surface area contributed by atoms with Gasteiger partial charge < -0.3 is 0 Å². The Kier molecular flexibility index (Phi) is 2.61. The number of nitriles is 1. The number of thiazole rings is 1. The molecule has 3 aromatic heterocycles. The third-order valence-corrected chi connectivity index (χ3v) is 3.53. The van der Waals surface area contributed by atoms with Crippen LogP contribution in [0, 0.1) is 18.3 Å². The van der Waals surface area contributed by atoms with Crippen molar-refractivity contribution >= 4 is 16.3 Å². The zero-order valence-electron chi connectivity index (χ0n) is 9.94. The summed E-state index contributed by atoms with van der Waals surface area (Å²) in [7, 11) is 0. The second kappa shape index (κ2) is 4.29. The molecule has 0 saturated carbocycles. The van der Waals surface area contributed by atoms with E-state index in [0.717, 1.165) is 5.69 Å². The Balaban J connectivity index is 2.02. The highest BCUT2D eigenvalue weighted by Crippen LogP contribution is 2.11. The molecule has 8 heteroatoms.